The normalized spacial score (nSPS) is 11.2. The lowest BCUT2D eigenvalue weighted by Crippen LogP contribution is -2.31. The van der Waals surface area contributed by atoms with Crippen LogP contribution in [-0.4, -0.2) is 43.8 Å². The van der Waals surface area contributed by atoms with E-state index in [0.29, 0.717) is 19.4 Å². The summed E-state index contributed by atoms with van der Waals surface area (Å²) in [6.07, 6.45) is 3.94. The van der Waals surface area contributed by atoms with E-state index >= 15 is 0 Å². The summed E-state index contributed by atoms with van der Waals surface area (Å²) in [6.45, 7) is 6.27. The number of hydrogen-bond donors (Lipinski definition) is 2. The Bertz CT molecular complexity index is 1080. The van der Waals surface area contributed by atoms with Gasteiger partial charge in [0.05, 0.1) is 10.5 Å². The molecular formula is C23H29N3O6S. The first kappa shape index (κ1) is 26.0. The van der Waals surface area contributed by atoms with E-state index in [1.54, 1.807) is 0 Å². The highest BCUT2D eigenvalue weighted by Gasteiger charge is 2.21. The minimum absolute atomic E-state index is 0.0168. The first-order valence-corrected chi connectivity index (χ1v) is 12.3. The molecule has 0 aliphatic carbocycles. The van der Waals surface area contributed by atoms with Gasteiger partial charge in [0.15, 0.2) is 0 Å². The molecular weight excluding hydrogens is 446 g/mol. The fraction of sp³-hybridized carbons (Fsp3) is 0.391. The van der Waals surface area contributed by atoms with E-state index in [4.69, 9.17) is 4.74 Å². The zero-order chi connectivity index (χ0) is 24.4. The first-order valence-electron chi connectivity index (χ1n) is 10.8. The Morgan fingerprint density at radius 3 is 2.33 bits per heavy atom. The van der Waals surface area contributed by atoms with Gasteiger partial charge in [0, 0.05) is 18.3 Å². The third-order valence-corrected chi connectivity index (χ3v) is 6.20. The van der Waals surface area contributed by atoms with Crippen molar-refractivity contribution in [1.82, 2.24) is 15.0 Å². The topological polar surface area (TPSA) is 132 Å². The third kappa shape index (κ3) is 7.38. The summed E-state index contributed by atoms with van der Waals surface area (Å²) >= 11 is 0. The maximum absolute atomic E-state index is 12.7. The molecule has 0 radical (unpaired) electrons. The molecule has 0 saturated carbocycles. The van der Waals surface area contributed by atoms with Crippen molar-refractivity contribution in [3.05, 3.63) is 59.4 Å². The molecule has 2 rings (SSSR count). The van der Waals surface area contributed by atoms with E-state index in [1.807, 2.05) is 25.5 Å². The number of unbranched alkanes of at least 4 members (excludes halogenated alkanes) is 1. The number of rotatable bonds is 11. The molecule has 0 bridgehead atoms. The third-order valence-electron chi connectivity index (χ3n) is 4.87. The van der Waals surface area contributed by atoms with E-state index < -0.39 is 27.8 Å². The standard InChI is InChI=1S/C23H29N3O6S/c1-4-7-13-24-21(27)16-9-8-10-19(14-16)33(30,31)26-22(28)17-11-12-20(25-15-17)23(29)32-18(5-2)6-3/h8-12,14-15,18H,4-7,13H2,1-3H3,(H,24,27)(H,26,28). The highest BCUT2D eigenvalue weighted by atomic mass is 32.2. The van der Waals surface area contributed by atoms with Crippen molar-refractivity contribution in [1.29, 1.82) is 0 Å². The number of nitrogens with zero attached hydrogens (tertiary/aromatic N) is 1. The van der Waals surface area contributed by atoms with Gasteiger partial charge in [-0.05, 0) is 49.6 Å². The van der Waals surface area contributed by atoms with Crippen LogP contribution in [-0.2, 0) is 14.8 Å². The lowest BCUT2D eigenvalue weighted by Gasteiger charge is -2.13. The predicted molar refractivity (Wildman–Crippen MR) is 122 cm³/mol. The second kappa shape index (κ2) is 12.1. The number of esters is 1. The number of carbonyl (C=O) groups is 3. The summed E-state index contributed by atoms with van der Waals surface area (Å²) in [5.74, 6) is -1.93. The molecule has 0 fully saturated rings. The SMILES string of the molecule is CCCCNC(=O)c1cccc(S(=O)(=O)NC(=O)c2ccc(C(=O)OC(CC)CC)nc2)c1. The van der Waals surface area contributed by atoms with Crippen LogP contribution in [0.4, 0.5) is 0 Å². The fourth-order valence-corrected chi connectivity index (χ4v) is 3.86. The average Bonchev–Trinajstić information content (AvgIpc) is 2.82. The zero-order valence-corrected chi connectivity index (χ0v) is 19.8. The van der Waals surface area contributed by atoms with Gasteiger partial charge in [-0.2, -0.15) is 0 Å². The highest BCUT2D eigenvalue weighted by molar-refractivity contribution is 7.90. The Kier molecular flexibility index (Phi) is 9.53. The van der Waals surface area contributed by atoms with Crippen LogP contribution in [0.15, 0.2) is 47.5 Å². The Labute approximate surface area is 194 Å². The molecule has 2 amide bonds. The predicted octanol–water partition coefficient (Wildman–Crippen LogP) is 3.08. The summed E-state index contributed by atoms with van der Waals surface area (Å²) in [7, 11) is -4.24. The molecule has 178 valence electrons. The molecule has 0 spiro atoms. The molecule has 1 aromatic heterocycles. The molecule has 0 atom stereocenters. The van der Waals surface area contributed by atoms with Crippen molar-refractivity contribution in [2.45, 2.75) is 57.5 Å². The average molecular weight is 476 g/mol. The van der Waals surface area contributed by atoms with Crippen molar-refractivity contribution in [2.24, 2.45) is 0 Å². The molecule has 0 aliphatic heterocycles. The molecule has 10 heteroatoms. The first-order chi connectivity index (χ1) is 15.7. The number of nitrogens with one attached hydrogen (secondary N) is 2. The number of amides is 2. The summed E-state index contributed by atoms with van der Waals surface area (Å²) in [5.41, 5.74) is 0.137. The molecule has 9 nitrogen and oxygen atoms in total. The van der Waals surface area contributed by atoms with Crippen LogP contribution in [0.1, 0.15) is 77.7 Å². The van der Waals surface area contributed by atoms with Crippen molar-refractivity contribution >= 4 is 27.8 Å². The Morgan fingerprint density at radius 2 is 1.73 bits per heavy atom. The molecule has 33 heavy (non-hydrogen) atoms. The molecule has 2 N–H and O–H groups in total. The maximum atomic E-state index is 12.7. The van der Waals surface area contributed by atoms with Crippen LogP contribution >= 0.6 is 0 Å². The molecule has 0 unspecified atom stereocenters. The molecule has 2 aromatic rings. The summed E-state index contributed by atoms with van der Waals surface area (Å²) < 4.78 is 32.6. The number of sulfonamides is 1. The van der Waals surface area contributed by atoms with Crippen molar-refractivity contribution < 1.29 is 27.5 Å². The number of pyridine rings is 1. The van der Waals surface area contributed by atoms with Crippen LogP contribution in [0.2, 0.25) is 0 Å². The van der Waals surface area contributed by atoms with Gasteiger partial charge < -0.3 is 10.1 Å². The van der Waals surface area contributed by atoms with Gasteiger partial charge in [-0.15, -0.1) is 0 Å². The van der Waals surface area contributed by atoms with Gasteiger partial charge in [-0.25, -0.2) is 22.9 Å². The number of hydrogen-bond acceptors (Lipinski definition) is 7. The van der Waals surface area contributed by atoms with Crippen molar-refractivity contribution in [3.8, 4) is 0 Å². The van der Waals surface area contributed by atoms with Crippen molar-refractivity contribution in [3.63, 3.8) is 0 Å². The number of benzene rings is 1. The Hall–Kier alpha value is -3.27. The van der Waals surface area contributed by atoms with Gasteiger partial charge in [-0.3, -0.25) is 9.59 Å². The highest BCUT2D eigenvalue weighted by Crippen LogP contribution is 2.13. The van der Waals surface area contributed by atoms with E-state index in [0.717, 1.165) is 19.0 Å². The van der Waals surface area contributed by atoms with E-state index in [2.05, 4.69) is 10.3 Å². The lowest BCUT2D eigenvalue weighted by molar-refractivity contribution is 0.0277. The minimum atomic E-state index is -4.24. The van der Waals surface area contributed by atoms with Crippen LogP contribution in [0, 0.1) is 0 Å². The number of carbonyl (C=O) groups excluding carboxylic acids is 3. The lowest BCUT2D eigenvalue weighted by atomic mass is 10.2. The molecule has 0 saturated heterocycles. The number of aromatic nitrogens is 1. The van der Waals surface area contributed by atoms with Crippen LogP contribution in [0.3, 0.4) is 0 Å². The summed E-state index contributed by atoms with van der Waals surface area (Å²) in [4.78, 5) is 40.5. The van der Waals surface area contributed by atoms with Gasteiger partial charge in [0.1, 0.15) is 11.8 Å². The van der Waals surface area contributed by atoms with Gasteiger partial charge >= 0.3 is 5.97 Å². The second-order valence-corrected chi connectivity index (χ2v) is 9.03. The zero-order valence-electron chi connectivity index (χ0n) is 19.0. The van der Waals surface area contributed by atoms with Gasteiger partial charge in [-0.1, -0.05) is 33.3 Å². The second-order valence-electron chi connectivity index (χ2n) is 7.35. The molecule has 0 aliphatic rings. The summed E-state index contributed by atoms with van der Waals surface area (Å²) in [6, 6.07) is 7.99. The van der Waals surface area contributed by atoms with E-state index in [1.165, 1.54) is 36.4 Å². The summed E-state index contributed by atoms with van der Waals surface area (Å²) in [5, 5.41) is 2.71. The Balaban J connectivity index is 2.09. The van der Waals surface area contributed by atoms with Crippen LogP contribution < -0.4 is 10.0 Å². The van der Waals surface area contributed by atoms with Gasteiger partial charge in [0.2, 0.25) is 0 Å². The monoisotopic (exact) mass is 475 g/mol. The minimum Gasteiger partial charge on any atom is -0.458 e. The van der Waals surface area contributed by atoms with E-state index in [-0.39, 0.29) is 27.8 Å². The number of ether oxygens (including phenoxy) is 1. The van der Waals surface area contributed by atoms with Gasteiger partial charge in [0.25, 0.3) is 21.8 Å². The van der Waals surface area contributed by atoms with E-state index in [9.17, 15) is 22.8 Å². The smallest absolute Gasteiger partial charge is 0.357 e. The molecule has 1 aromatic carbocycles. The van der Waals surface area contributed by atoms with Crippen LogP contribution in [0.5, 0.6) is 0 Å². The molecule has 1 heterocycles. The fourth-order valence-electron chi connectivity index (χ4n) is 2.84. The van der Waals surface area contributed by atoms with Crippen molar-refractivity contribution in [2.75, 3.05) is 6.54 Å². The largest absolute Gasteiger partial charge is 0.458 e. The van der Waals surface area contributed by atoms with Crippen LogP contribution in [0.25, 0.3) is 0 Å². The Morgan fingerprint density at radius 1 is 1.00 bits per heavy atom. The maximum Gasteiger partial charge on any atom is 0.357 e. The quantitative estimate of drug-likeness (QED) is 0.377.